The predicted molar refractivity (Wildman–Crippen MR) is 59.7 cm³/mol. The zero-order valence-electron chi connectivity index (χ0n) is 8.56. The predicted octanol–water partition coefficient (Wildman–Crippen LogP) is 0.815. The number of nitrogens with two attached hydrogens (primary N) is 1. The maximum absolute atomic E-state index is 5.35. The number of nitrogen functional groups attached to an aromatic ring is 1. The van der Waals surface area contributed by atoms with Gasteiger partial charge in [0.2, 0.25) is 0 Å². The van der Waals surface area contributed by atoms with Crippen LogP contribution in [0, 0.1) is 0 Å². The molecule has 1 aliphatic rings. The van der Waals surface area contributed by atoms with Crippen LogP contribution in [0.5, 0.6) is 0 Å². The molecule has 1 aromatic rings. The Labute approximate surface area is 92.8 Å². The largest absolute Gasteiger partial charge is 0.379 e. The molecule has 1 saturated heterocycles. The highest BCUT2D eigenvalue weighted by atomic mass is 32.2. The summed E-state index contributed by atoms with van der Waals surface area (Å²) in [7, 11) is 0. The molecule has 6 heteroatoms. The molecule has 15 heavy (non-hydrogen) atoms. The molecule has 0 bridgehead atoms. The van der Waals surface area contributed by atoms with E-state index in [1.807, 2.05) is 13.0 Å². The monoisotopic (exact) mass is 226 g/mol. The van der Waals surface area contributed by atoms with Gasteiger partial charge in [-0.3, -0.25) is 0 Å². The lowest BCUT2D eigenvalue weighted by Crippen LogP contribution is -2.30. The van der Waals surface area contributed by atoms with E-state index in [1.54, 1.807) is 11.8 Å². The molecule has 1 fully saturated rings. The molecule has 0 saturated carbocycles. The van der Waals surface area contributed by atoms with Crippen LogP contribution in [0.25, 0.3) is 0 Å². The first-order chi connectivity index (χ1) is 7.31. The summed E-state index contributed by atoms with van der Waals surface area (Å²) in [6.45, 7) is 3.64. The van der Waals surface area contributed by atoms with Crippen molar-refractivity contribution in [2.75, 3.05) is 18.6 Å². The number of anilines is 1. The van der Waals surface area contributed by atoms with Gasteiger partial charge in [-0.1, -0.05) is 18.7 Å². The number of ether oxygens (including phenoxy) is 1. The Hall–Kier alpha value is -0.850. The van der Waals surface area contributed by atoms with Crippen molar-refractivity contribution >= 4 is 17.6 Å². The van der Waals surface area contributed by atoms with Crippen molar-refractivity contribution in [1.82, 2.24) is 9.97 Å². The second-order valence-electron chi connectivity index (χ2n) is 3.28. The van der Waals surface area contributed by atoms with Crippen molar-refractivity contribution in [2.45, 2.75) is 23.6 Å². The van der Waals surface area contributed by atoms with Gasteiger partial charge in [0.1, 0.15) is 16.7 Å². The fraction of sp³-hybridized carbons (Fsp3) is 0.556. The first kappa shape index (κ1) is 10.7. The maximum atomic E-state index is 5.35. The van der Waals surface area contributed by atoms with Crippen LogP contribution in [0.15, 0.2) is 11.1 Å². The quantitative estimate of drug-likeness (QED) is 0.450. The number of rotatable bonds is 4. The summed E-state index contributed by atoms with van der Waals surface area (Å²) in [6, 6.07) is 1.86. The zero-order chi connectivity index (χ0) is 10.7. The topological polar surface area (TPSA) is 73.1 Å². The molecule has 2 rings (SSSR count). The minimum Gasteiger partial charge on any atom is -0.379 e. The Morgan fingerprint density at radius 1 is 1.60 bits per heavy atom. The van der Waals surface area contributed by atoms with Crippen molar-refractivity contribution < 1.29 is 4.74 Å². The smallest absolute Gasteiger partial charge is 0.144 e. The highest BCUT2D eigenvalue weighted by molar-refractivity contribution is 8.00. The van der Waals surface area contributed by atoms with E-state index in [2.05, 4.69) is 15.4 Å². The molecule has 2 heterocycles. The molecule has 1 aromatic heterocycles. The van der Waals surface area contributed by atoms with Gasteiger partial charge in [-0.25, -0.2) is 15.8 Å². The third kappa shape index (κ3) is 2.58. The van der Waals surface area contributed by atoms with Gasteiger partial charge < -0.3 is 10.2 Å². The van der Waals surface area contributed by atoms with Gasteiger partial charge in [-0.15, -0.1) is 0 Å². The van der Waals surface area contributed by atoms with Crippen LogP contribution in [-0.2, 0) is 11.2 Å². The SMILES string of the molecule is CCc1nc(NN)cc(SC2COC2)n1. The van der Waals surface area contributed by atoms with Gasteiger partial charge in [-0.05, 0) is 0 Å². The van der Waals surface area contributed by atoms with Crippen LogP contribution in [-0.4, -0.2) is 28.4 Å². The molecular formula is C9H14N4OS. The van der Waals surface area contributed by atoms with Crippen molar-refractivity contribution in [3.05, 3.63) is 11.9 Å². The summed E-state index contributed by atoms with van der Waals surface area (Å²) in [6.07, 6.45) is 0.810. The van der Waals surface area contributed by atoms with E-state index in [0.717, 1.165) is 30.5 Å². The lowest BCUT2D eigenvalue weighted by atomic mass is 10.4. The summed E-state index contributed by atoms with van der Waals surface area (Å²) in [5, 5.41) is 1.48. The van der Waals surface area contributed by atoms with E-state index < -0.39 is 0 Å². The minimum absolute atomic E-state index is 0.523. The van der Waals surface area contributed by atoms with Gasteiger partial charge >= 0.3 is 0 Å². The van der Waals surface area contributed by atoms with Gasteiger partial charge in [0.25, 0.3) is 0 Å². The lowest BCUT2D eigenvalue weighted by molar-refractivity contribution is 0.0454. The normalized spacial score (nSPS) is 16.1. The average molecular weight is 226 g/mol. The second-order valence-corrected chi connectivity index (χ2v) is 4.60. The Kier molecular flexibility index (Phi) is 3.40. The summed E-state index contributed by atoms with van der Waals surface area (Å²) >= 11 is 1.72. The average Bonchev–Trinajstić information content (AvgIpc) is 2.23. The molecular weight excluding hydrogens is 212 g/mol. The number of nitrogens with zero attached hydrogens (tertiary/aromatic N) is 2. The van der Waals surface area contributed by atoms with Crippen molar-refractivity contribution in [3.8, 4) is 0 Å². The van der Waals surface area contributed by atoms with E-state index in [9.17, 15) is 0 Å². The summed E-state index contributed by atoms with van der Waals surface area (Å²) in [5.74, 6) is 6.83. The van der Waals surface area contributed by atoms with Crippen LogP contribution >= 0.6 is 11.8 Å². The third-order valence-electron chi connectivity index (χ3n) is 2.11. The number of hydrogen-bond acceptors (Lipinski definition) is 6. The third-order valence-corrected chi connectivity index (χ3v) is 3.16. The van der Waals surface area contributed by atoms with Crippen molar-refractivity contribution in [2.24, 2.45) is 5.84 Å². The van der Waals surface area contributed by atoms with Crippen LogP contribution in [0.4, 0.5) is 5.82 Å². The molecule has 1 aliphatic heterocycles. The van der Waals surface area contributed by atoms with E-state index in [0.29, 0.717) is 11.1 Å². The molecule has 0 aliphatic carbocycles. The summed E-state index contributed by atoms with van der Waals surface area (Å²) in [4.78, 5) is 8.65. The molecule has 0 aromatic carbocycles. The molecule has 0 amide bonds. The first-order valence-electron chi connectivity index (χ1n) is 4.90. The van der Waals surface area contributed by atoms with Crippen LogP contribution in [0.1, 0.15) is 12.7 Å². The fourth-order valence-corrected chi connectivity index (χ4v) is 2.23. The minimum atomic E-state index is 0.523. The van der Waals surface area contributed by atoms with Gasteiger partial charge in [0.05, 0.1) is 18.5 Å². The van der Waals surface area contributed by atoms with E-state index in [-0.39, 0.29) is 0 Å². The lowest BCUT2D eigenvalue weighted by Gasteiger charge is -2.24. The van der Waals surface area contributed by atoms with E-state index in [4.69, 9.17) is 10.6 Å². The number of hydrazine groups is 1. The van der Waals surface area contributed by atoms with Crippen molar-refractivity contribution in [3.63, 3.8) is 0 Å². The summed E-state index contributed by atoms with van der Waals surface area (Å²) in [5.41, 5.74) is 2.56. The molecule has 0 spiro atoms. The Morgan fingerprint density at radius 3 is 2.93 bits per heavy atom. The standard InChI is InChI=1S/C9H14N4OS/c1-2-7-11-8(13-10)3-9(12-7)15-6-4-14-5-6/h3,6H,2,4-5,10H2,1H3,(H,11,12,13). The van der Waals surface area contributed by atoms with Crippen molar-refractivity contribution in [1.29, 1.82) is 0 Å². The first-order valence-corrected chi connectivity index (χ1v) is 5.78. The van der Waals surface area contributed by atoms with Crippen LogP contribution in [0.3, 0.4) is 0 Å². The Bertz CT molecular complexity index is 321. The molecule has 82 valence electrons. The van der Waals surface area contributed by atoms with E-state index in [1.165, 1.54) is 0 Å². The highest BCUT2D eigenvalue weighted by Gasteiger charge is 2.20. The van der Waals surface area contributed by atoms with Gasteiger partial charge in [0.15, 0.2) is 0 Å². The molecule has 3 N–H and O–H groups in total. The molecule has 5 nitrogen and oxygen atoms in total. The molecule has 0 atom stereocenters. The maximum Gasteiger partial charge on any atom is 0.144 e. The Balaban J connectivity index is 2.13. The number of aromatic nitrogens is 2. The van der Waals surface area contributed by atoms with Gasteiger partial charge in [0, 0.05) is 12.5 Å². The van der Waals surface area contributed by atoms with Crippen LogP contribution in [0.2, 0.25) is 0 Å². The number of aryl methyl sites for hydroxylation is 1. The zero-order valence-corrected chi connectivity index (χ0v) is 9.38. The van der Waals surface area contributed by atoms with Gasteiger partial charge in [-0.2, -0.15) is 0 Å². The molecule has 0 radical (unpaired) electrons. The number of nitrogens with one attached hydrogen (secondary N) is 1. The highest BCUT2D eigenvalue weighted by Crippen LogP contribution is 2.27. The number of thioether (sulfide) groups is 1. The van der Waals surface area contributed by atoms with Crippen LogP contribution < -0.4 is 11.3 Å². The van der Waals surface area contributed by atoms with E-state index >= 15 is 0 Å². The second kappa shape index (κ2) is 4.78. The summed E-state index contributed by atoms with van der Waals surface area (Å²) < 4.78 is 5.12. The number of hydrogen-bond donors (Lipinski definition) is 2. The fourth-order valence-electron chi connectivity index (χ4n) is 1.22. The Morgan fingerprint density at radius 2 is 2.40 bits per heavy atom. The molecule has 0 unspecified atom stereocenters.